The molecule has 152 valence electrons. The van der Waals surface area contributed by atoms with Gasteiger partial charge < -0.3 is 15.1 Å². The molecule has 0 aliphatic heterocycles. The number of aliphatic hydroxyl groups is 1. The van der Waals surface area contributed by atoms with E-state index >= 15 is 0 Å². The first-order valence-corrected chi connectivity index (χ1v) is 10.6. The summed E-state index contributed by atoms with van der Waals surface area (Å²) in [6.45, 7) is 4.22. The van der Waals surface area contributed by atoms with Crippen LogP contribution >= 0.6 is 0 Å². The first-order chi connectivity index (χ1) is 13.2. The number of carboxylic acids is 1. The second kappa shape index (κ2) is 6.62. The van der Waals surface area contributed by atoms with Crippen molar-refractivity contribution in [2.45, 2.75) is 70.8 Å². The monoisotopic (exact) mass is 385 g/mol. The van der Waals surface area contributed by atoms with Gasteiger partial charge in [-0.05, 0) is 80.6 Å². The van der Waals surface area contributed by atoms with E-state index in [1.807, 2.05) is 0 Å². The maximum absolute atomic E-state index is 11.1. The highest BCUT2D eigenvalue weighted by atomic mass is 16.6. The Balaban J connectivity index is 1.57. The molecule has 4 aliphatic rings. The van der Waals surface area contributed by atoms with Crippen molar-refractivity contribution in [2.75, 3.05) is 6.61 Å². The van der Waals surface area contributed by atoms with Gasteiger partial charge in [0, 0.05) is 5.41 Å². The number of terminal acetylenes is 1. The Kier molecular flexibility index (Phi) is 4.62. The molecule has 5 nitrogen and oxygen atoms in total. The minimum absolute atomic E-state index is 0.160. The van der Waals surface area contributed by atoms with Gasteiger partial charge in [0.05, 0.1) is 5.71 Å². The summed E-state index contributed by atoms with van der Waals surface area (Å²) in [5.41, 5.74) is 1.34. The van der Waals surface area contributed by atoms with Crippen LogP contribution in [0.1, 0.15) is 65.2 Å². The maximum Gasteiger partial charge on any atom is 0.344 e. The van der Waals surface area contributed by atoms with Crippen molar-refractivity contribution >= 4 is 11.7 Å². The summed E-state index contributed by atoms with van der Waals surface area (Å²) in [5.74, 6) is 3.47. The molecule has 0 spiro atoms. The van der Waals surface area contributed by atoms with E-state index in [1.165, 1.54) is 5.57 Å². The summed E-state index contributed by atoms with van der Waals surface area (Å²) in [6.07, 6.45) is 15.8. The van der Waals surface area contributed by atoms with Crippen molar-refractivity contribution < 1.29 is 19.8 Å². The van der Waals surface area contributed by atoms with Crippen molar-refractivity contribution in [1.82, 2.24) is 0 Å². The summed E-state index contributed by atoms with van der Waals surface area (Å²) < 4.78 is 0. The summed E-state index contributed by atoms with van der Waals surface area (Å²) in [7, 11) is 0. The number of rotatable bonds is 3. The Morgan fingerprint density at radius 1 is 1.25 bits per heavy atom. The molecule has 4 rings (SSSR count). The summed E-state index contributed by atoms with van der Waals surface area (Å²) in [6, 6.07) is 0. The van der Waals surface area contributed by atoms with Crippen molar-refractivity contribution in [3.8, 4) is 12.3 Å². The number of carbonyl (C=O) groups is 1. The lowest BCUT2D eigenvalue weighted by Gasteiger charge is -2.58. The van der Waals surface area contributed by atoms with Crippen LogP contribution in [0.25, 0.3) is 0 Å². The van der Waals surface area contributed by atoms with E-state index in [1.54, 1.807) is 0 Å². The third-order valence-electron chi connectivity index (χ3n) is 8.74. The highest BCUT2D eigenvalue weighted by Crippen LogP contribution is 2.67. The molecule has 28 heavy (non-hydrogen) atoms. The molecule has 0 heterocycles. The SMILES string of the molecule is C#C[C@@]1(O)CC[C@@H]2[C@@H]3CCC4=CC(=NOCC(=O)O)CC[C@]4(C)[C@H]3CC[C@@]21C. The summed E-state index contributed by atoms with van der Waals surface area (Å²) >= 11 is 0. The van der Waals surface area contributed by atoms with Crippen molar-refractivity contribution in [3.63, 3.8) is 0 Å². The number of oxime groups is 1. The van der Waals surface area contributed by atoms with Crippen LogP contribution in [0.5, 0.6) is 0 Å². The van der Waals surface area contributed by atoms with Gasteiger partial charge in [-0.25, -0.2) is 4.79 Å². The van der Waals surface area contributed by atoms with Crippen molar-refractivity contribution in [2.24, 2.45) is 33.7 Å². The molecule has 6 atom stereocenters. The second-order valence-electron chi connectivity index (χ2n) is 9.75. The molecule has 3 saturated carbocycles. The number of hydrogen-bond acceptors (Lipinski definition) is 4. The fourth-order valence-electron chi connectivity index (χ4n) is 7.07. The fourth-order valence-corrected chi connectivity index (χ4v) is 7.07. The van der Waals surface area contributed by atoms with E-state index in [4.69, 9.17) is 16.4 Å². The molecular formula is C23H31NO4. The normalized spacial score (nSPS) is 46.0. The van der Waals surface area contributed by atoms with Gasteiger partial charge >= 0.3 is 5.97 Å². The number of nitrogens with zero attached hydrogens (tertiary/aromatic N) is 1. The van der Waals surface area contributed by atoms with Crippen LogP contribution in [0.3, 0.4) is 0 Å². The van der Waals surface area contributed by atoms with Crippen LogP contribution in [0.4, 0.5) is 0 Å². The van der Waals surface area contributed by atoms with E-state index in [0.29, 0.717) is 17.8 Å². The lowest BCUT2D eigenvalue weighted by Crippen LogP contribution is -2.54. The number of carboxylic acid groups (broad SMARTS) is 1. The smallest absolute Gasteiger partial charge is 0.344 e. The van der Waals surface area contributed by atoms with Gasteiger partial charge in [-0.2, -0.15) is 0 Å². The van der Waals surface area contributed by atoms with Gasteiger partial charge in [0.15, 0.2) is 0 Å². The average molecular weight is 386 g/mol. The Morgan fingerprint density at radius 3 is 2.71 bits per heavy atom. The van der Waals surface area contributed by atoms with Gasteiger partial charge in [-0.3, -0.25) is 0 Å². The standard InChI is InChI=1S/C23H31NO4/c1-4-23(27)12-9-19-17-6-5-15-13-16(24-28-14-20(25)26)7-10-21(15,2)18(17)8-11-22(19,23)3/h1,13,17-19,27H,5-12,14H2,2-3H3,(H,25,26)/t17-,18+,19-,21+,22+,23-/m1/s1. The molecule has 2 N–H and O–H groups in total. The maximum atomic E-state index is 11.1. The van der Waals surface area contributed by atoms with Crippen LogP contribution in [0.15, 0.2) is 16.8 Å². The minimum atomic E-state index is -1.01. The molecule has 3 fully saturated rings. The summed E-state index contributed by atoms with van der Waals surface area (Å²) in [4.78, 5) is 15.6. The van der Waals surface area contributed by atoms with Gasteiger partial charge in [-0.1, -0.05) is 30.5 Å². The molecule has 0 aromatic rings. The fraction of sp³-hybridized carbons (Fsp3) is 0.739. The Bertz CT molecular complexity index is 780. The Morgan fingerprint density at radius 2 is 2.00 bits per heavy atom. The molecule has 0 aromatic heterocycles. The predicted octanol–water partition coefficient (Wildman–Crippen LogP) is 3.77. The minimum Gasteiger partial charge on any atom is -0.479 e. The molecule has 0 radical (unpaired) electrons. The Hall–Kier alpha value is -1.80. The van der Waals surface area contributed by atoms with Crippen LogP contribution in [0.2, 0.25) is 0 Å². The number of hydrogen-bond donors (Lipinski definition) is 2. The molecule has 0 saturated heterocycles. The molecule has 4 aliphatic carbocycles. The average Bonchev–Trinajstić information content (AvgIpc) is 2.93. The topological polar surface area (TPSA) is 79.1 Å². The predicted molar refractivity (Wildman–Crippen MR) is 107 cm³/mol. The van der Waals surface area contributed by atoms with Crippen molar-refractivity contribution in [3.05, 3.63) is 11.6 Å². The van der Waals surface area contributed by atoms with Crippen LogP contribution in [0, 0.1) is 40.9 Å². The van der Waals surface area contributed by atoms with E-state index < -0.39 is 18.2 Å². The molecule has 0 amide bonds. The van der Waals surface area contributed by atoms with Crippen LogP contribution < -0.4 is 0 Å². The number of aliphatic carboxylic acids is 1. The summed E-state index contributed by atoms with van der Waals surface area (Å²) in [5, 5.41) is 23.8. The lowest BCUT2D eigenvalue weighted by atomic mass is 9.46. The zero-order valence-corrected chi connectivity index (χ0v) is 16.9. The highest BCUT2D eigenvalue weighted by molar-refractivity contribution is 5.96. The van der Waals surface area contributed by atoms with Gasteiger partial charge in [0.1, 0.15) is 5.60 Å². The van der Waals surface area contributed by atoms with E-state index in [-0.39, 0.29) is 10.8 Å². The van der Waals surface area contributed by atoms with Crippen molar-refractivity contribution in [1.29, 1.82) is 0 Å². The third kappa shape index (κ3) is 2.72. The molecule has 5 heteroatoms. The molecule has 0 aromatic carbocycles. The lowest BCUT2D eigenvalue weighted by molar-refractivity contribution is -0.142. The molecule has 0 unspecified atom stereocenters. The number of allylic oxidation sites excluding steroid dienone is 2. The number of fused-ring (bicyclic) bond motifs is 5. The van der Waals surface area contributed by atoms with E-state index in [0.717, 1.165) is 57.1 Å². The quantitative estimate of drug-likeness (QED) is 0.572. The highest BCUT2D eigenvalue weighted by Gasteiger charge is 2.63. The molecular weight excluding hydrogens is 354 g/mol. The Labute approximate surface area is 167 Å². The zero-order chi connectivity index (χ0) is 20.2. The van der Waals surface area contributed by atoms with Crippen LogP contribution in [-0.2, 0) is 9.63 Å². The second-order valence-corrected chi connectivity index (χ2v) is 9.75. The first-order valence-electron chi connectivity index (χ1n) is 10.6. The molecule has 0 bridgehead atoms. The zero-order valence-electron chi connectivity index (χ0n) is 16.9. The van der Waals surface area contributed by atoms with E-state index in [2.05, 4.69) is 31.0 Å². The first kappa shape index (κ1) is 19.5. The van der Waals surface area contributed by atoms with E-state index in [9.17, 15) is 9.90 Å². The van der Waals surface area contributed by atoms with Gasteiger partial charge in [0.2, 0.25) is 6.61 Å². The van der Waals surface area contributed by atoms with Gasteiger partial charge in [0.25, 0.3) is 0 Å². The van der Waals surface area contributed by atoms with Crippen LogP contribution in [-0.4, -0.2) is 34.1 Å². The van der Waals surface area contributed by atoms with Gasteiger partial charge in [-0.15, -0.1) is 6.42 Å². The third-order valence-corrected chi connectivity index (χ3v) is 8.74. The largest absolute Gasteiger partial charge is 0.479 e.